The van der Waals surface area contributed by atoms with Crippen LogP contribution in [-0.4, -0.2) is 34.4 Å². The van der Waals surface area contributed by atoms with E-state index in [1.54, 1.807) is 0 Å². The van der Waals surface area contributed by atoms with Crippen molar-refractivity contribution in [1.82, 2.24) is 20.6 Å². The molecule has 1 aromatic rings. The summed E-state index contributed by atoms with van der Waals surface area (Å²) in [6.07, 6.45) is 6.92. The van der Waals surface area contributed by atoms with Gasteiger partial charge in [0.15, 0.2) is 5.69 Å². The number of hydrogen-bond donors (Lipinski definition) is 3. The zero-order chi connectivity index (χ0) is 15.2. The number of nitrogens with one attached hydrogen (secondary N) is 3. The van der Waals surface area contributed by atoms with Crippen molar-refractivity contribution in [3.63, 3.8) is 0 Å². The molecule has 1 aromatic heterocycles. The number of aromatic nitrogens is 2. The third-order valence-electron chi connectivity index (χ3n) is 3.69. The highest BCUT2D eigenvalue weighted by Crippen LogP contribution is 2.18. The third-order valence-corrected chi connectivity index (χ3v) is 3.69. The molecule has 0 spiro atoms. The van der Waals surface area contributed by atoms with E-state index < -0.39 is 0 Å². The molecule has 2 amide bonds. The van der Waals surface area contributed by atoms with E-state index in [2.05, 4.69) is 20.6 Å². The number of rotatable bonds is 5. The van der Waals surface area contributed by atoms with Crippen LogP contribution in [0.15, 0.2) is 6.33 Å². The van der Waals surface area contributed by atoms with Crippen molar-refractivity contribution in [2.24, 2.45) is 5.92 Å². The fourth-order valence-corrected chi connectivity index (χ4v) is 2.53. The minimum absolute atomic E-state index is 0.182. The van der Waals surface area contributed by atoms with Gasteiger partial charge >= 0.3 is 0 Å². The highest BCUT2D eigenvalue weighted by molar-refractivity contribution is 6.04. The molecule has 6 heteroatoms. The first-order chi connectivity index (χ1) is 10.1. The number of carbonyl (C=O) groups is 2. The summed E-state index contributed by atoms with van der Waals surface area (Å²) in [5.41, 5.74) is 0.422. The molecule has 0 radical (unpaired) electrons. The van der Waals surface area contributed by atoms with Crippen LogP contribution in [0.2, 0.25) is 0 Å². The van der Waals surface area contributed by atoms with Gasteiger partial charge in [0.2, 0.25) is 0 Å². The fraction of sp³-hybridized carbons (Fsp3) is 0.667. The Balaban J connectivity index is 1.98. The van der Waals surface area contributed by atoms with Crippen LogP contribution in [0.5, 0.6) is 0 Å². The first-order valence-electron chi connectivity index (χ1n) is 7.70. The summed E-state index contributed by atoms with van der Waals surface area (Å²) < 4.78 is 0. The lowest BCUT2D eigenvalue weighted by molar-refractivity contribution is 0.0896. The molecule has 6 nitrogen and oxygen atoms in total. The van der Waals surface area contributed by atoms with E-state index >= 15 is 0 Å². The average Bonchev–Trinajstić information content (AvgIpc) is 2.95. The SMILES string of the molecule is CC(C)CNC(=O)c1[nH]cnc1C(=O)NC1CCCCC1. The molecule has 0 bridgehead atoms. The van der Waals surface area contributed by atoms with E-state index in [4.69, 9.17) is 0 Å². The van der Waals surface area contributed by atoms with Gasteiger partial charge < -0.3 is 15.6 Å². The lowest BCUT2D eigenvalue weighted by atomic mass is 9.95. The lowest BCUT2D eigenvalue weighted by Gasteiger charge is -2.22. The molecule has 0 aliphatic heterocycles. The monoisotopic (exact) mass is 292 g/mol. The number of aromatic amines is 1. The zero-order valence-corrected chi connectivity index (χ0v) is 12.7. The topological polar surface area (TPSA) is 86.9 Å². The molecular weight excluding hydrogens is 268 g/mol. The number of imidazole rings is 1. The number of carbonyl (C=O) groups excluding carboxylic acids is 2. The van der Waals surface area contributed by atoms with Gasteiger partial charge in [0.05, 0.1) is 6.33 Å². The van der Waals surface area contributed by atoms with Crippen LogP contribution >= 0.6 is 0 Å². The first-order valence-corrected chi connectivity index (χ1v) is 7.70. The number of H-pyrrole nitrogens is 1. The molecular formula is C15H24N4O2. The van der Waals surface area contributed by atoms with Crippen molar-refractivity contribution in [2.45, 2.75) is 52.0 Å². The average molecular weight is 292 g/mol. The second-order valence-corrected chi connectivity index (χ2v) is 6.04. The summed E-state index contributed by atoms with van der Waals surface area (Å²) in [4.78, 5) is 31.1. The van der Waals surface area contributed by atoms with Gasteiger partial charge in [0, 0.05) is 12.6 Å². The molecule has 0 atom stereocenters. The molecule has 1 saturated carbocycles. The van der Waals surface area contributed by atoms with Crippen molar-refractivity contribution in [3.8, 4) is 0 Å². The van der Waals surface area contributed by atoms with Crippen LogP contribution in [0.1, 0.15) is 66.9 Å². The largest absolute Gasteiger partial charge is 0.350 e. The van der Waals surface area contributed by atoms with E-state index in [1.807, 2.05) is 13.8 Å². The van der Waals surface area contributed by atoms with Gasteiger partial charge in [-0.05, 0) is 18.8 Å². The summed E-state index contributed by atoms with van der Waals surface area (Å²) in [6.45, 7) is 4.61. The smallest absolute Gasteiger partial charge is 0.272 e. The quantitative estimate of drug-likeness (QED) is 0.774. The minimum Gasteiger partial charge on any atom is -0.350 e. The van der Waals surface area contributed by atoms with Crippen LogP contribution in [0.25, 0.3) is 0 Å². The highest BCUT2D eigenvalue weighted by Gasteiger charge is 2.23. The van der Waals surface area contributed by atoms with Crippen LogP contribution in [-0.2, 0) is 0 Å². The van der Waals surface area contributed by atoms with Crippen molar-refractivity contribution < 1.29 is 9.59 Å². The van der Waals surface area contributed by atoms with E-state index in [1.165, 1.54) is 12.7 Å². The Kier molecular flexibility index (Phi) is 5.36. The Morgan fingerprint density at radius 1 is 1.29 bits per heavy atom. The van der Waals surface area contributed by atoms with Gasteiger partial charge in [0.25, 0.3) is 11.8 Å². The Morgan fingerprint density at radius 3 is 2.67 bits per heavy atom. The van der Waals surface area contributed by atoms with Gasteiger partial charge in [-0.1, -0.05) is 33.1 Å². The maximum absolute atomic E-state index is 12.3. The first kappa shape index (κ1) is 15.5. The maximum atomic E-state index is 12.3. The molecule has 1 aliphatic rings. The zero-order valence-electron chi connectivity index (χ0n) is 12.7. The van der Waals surface area contributed by atoms with E-state index in [0.29, 0.717) is 12.5 Å². The summed E-state index contributed by atoms with van der Waals surface area (Å²) >= 11 is 0. The van der Waals surface area contributed by atoms with Crippen molar-refractivity contribution in [1.29, 1.82) is 0 Å². The predicted molar refractivity (Wildman–Crippen MR) is 80.1 cm³/mol. The van der Waals surface area contributed by atoms with Crippen LogP contribution < -0.4 is 10.6 Å². The normalized spacial score (nSPS) is 16.0. The molecule has 21 heavy (non-hydrogen) atoms. The number of nitrogens with zero attached hydrogens (tertiary/aromatic N) is 1. The van der Waals surface area contributed by atoms with Crippen molar-refractivity contribution in [3.05, 3.63) is 17.7 Å². The van der Waals surface area contributed by atoms with Crippen LogP contribution in [0.3, 0.4) is 0 Å². The summed E-state index contributed by atoms with van der Waals surface area (Å²) in [5, 5.41) is 5.77. The molecule has 116 valence electrons. The van der Waals surface area contributed by atoms with Crippen LogP contribution in [0, 0.1) is 5.92 Å². The number of hydrogen-bond acceptors (Lipinski definition) is 3. The molecule has 1 aliphatic carbocycles. The fourth-order valence-electron chi connectivity index (χ4n) is 2.53. The van der Waals surface area contributed by atoms with Gasteiger partial charge in [-0.2, -0.15) is 0 Å². The summed E-state index contributed by atoms with van der Waals surface area (Å²) in [5.74, 6) is -0.191. The van der Waals surface area contributed by atoms with E-state index in [9.17, 15) is 9.59 Å². The second kappa shape index (κ2) is 7.24. The molecule has 0 unspecified atom stereocenters. The van der Waals surface area contributed by atoms with Gasteiger partial charge in [-0.25, -0.2) is 4.98 Å². The molecule has 0 saturated heterocycles. The Morgan fingerprint density at radius 2 is 2.00 bits per heavy atom. The molecule has 2 rings (SSSR count). The Hall–Kier alpha value is -1.85. The summed E-state index contributed by atoms with van der Waals surface area (Å²) in [7, 11) is 0. The van der Waals surface area contributed by atoms with Crippen molar-refractivity contribution >= 4 is 11.8 Å². The highest BCUT2D eigenvalue weighted by atomic mass is 16.2. The molecule has 0 aromatic carbocycles. The summed E-state index contributed by atoms with van der Waals surface area (Å²) in [6, 6.07) is 0.203. The minimum atomic E-state index is -0.282. The van der Waals surface area contributed by atoms with Gasteiger partial charge in [-0.3, -0.25) is 9.59 Å². The lowest BCUT2D eigenvalue weighted by Crippen LogP contribution is -2.38. The van der Waals surface area contributed by atoms with Crippen LogP contribution in [0.4, 0.5) is 0 Å². The van der Waals surface area contributed by atoms with Gasteiger partial charge in [-0.15, -0.1) is 0 Å². The van der Waals surface area contributed by atoms with Gasteiger partial charge in [0.1, 0.15) is 5.69 Å². The van der Waals surface area contributed by atoms with Crippen molar-refractivity contribution in [2.75, 3.05) is 6.54 Å². The number of amides is 2. The van der Waals surface area contributed by atoms with E-state index in [0.717, 1.165) is 25.7 Å². The maximum Gasteiger partial charge on any atom is 0.272 e. The predicted octanol–water partition coefficient (Wildman–Crippen LogP) is 1.86. The molecule has 3 N–H and O–H groups in total. The standard InChI is InChI=1S/C15H24N4O2/c1-10(2)8-16-14(20)12-13(18-9-17-12)15(21)19-11-6-4-3-5-7-11/h9-11H,3-8H2,1-2H3,(H,16,20)(H,17,18)(H,19,21). The molecule has 1 fully saturated rings. The Labute approximate surface area is 125 Å². The molecule has 1 heterocycles. The Bertz CT molecular complexity index is 490. The van der Waals surface area contributed by atoms with E-state index in [-0.39, 0.29) is 29.2 Å². The third kappa shape index (κ3) is 4.31. The second-order valence-electron chi connectivity index (χ2n) is 6.04.